The summed E-state index contributed by atoms with van der Waals surface area (Å²) >= 11 is 0. The Balaban J connectivity index is 3.28. The Morgan fingerprint density at radius 2 is 1.75 bits per heavy atom. The van der Waals surface area contributed by atoms with Crippen molar-refractivity contribution in [3.63, 3.8) is 0 Å². The summed E-state index contributed by atoms with van der Waals surface area (Å²) in [5.74, 6) is 0. The molecule has 66 valence electrons. The number of aliphatic hydroxyl groups is 1. The van der Waals surface area contributed by atoms with Crippen molar-refractivity contribution in [1.82, 2.24) is 0 Å². The molecule has 0 aromatic heterocycles. The Hall–Kier alpha value is -0.820. The highest BCUT2D eigenvalue weighted by Gasteiger charge is 2.06. The van der Waals surface area contributed by atoms with E-state index in [2.05, 4.69) is 26.8 Å². The first kappa shape index (κ1) is 9.27. The Bertz CT molecular complexity index is 287. The van der Waals surface area contributed by atoms with Crippen LogP contribution in [0.25, 0.3) is 0 Å². The first-order valence-corrected chi connectivity index (χ1v) is 4.28. The minimum absolute atomic E-state index is 0.358. The van der Waals surface area contributed by atoms with Crippen LogP contribution in [0.5, 0.6) is 0 Å². The summed E-state index contributed by atoms with van der Waals surface area (Å²) in [6.45, 7) is 7.99. The van der Waals surface area contributed by atoms with Gasteiger partial charge in [-0.25, -0.2) is 0 Å². The molecule has 1 aromatic carbocycles. The summed E-state index contributed by atoms with van der Waals surface area (Å²) in [6, 6.07) is 4.19. The van der Waals surface area contributed by atoms with Gasteiger partial charge in [0.1, 0.15) is 0 Å². The highest BCUT2D eigenvalue weighted by Crippen LogP contribution is 2.21. The number of aliphatic hydroxyl groups excluding tert-OH is 1. The third kappa shape index (κ3) is 1.67. The van der Waals surface area contributed by atoms with E-state index in [0.29, 0.717) is 0 Å². The van der Waals surface area contributed by atoms with Gasteiger partial charge in [0.15, 0.2) is 0 Å². The second-order valence-corrected chi connectivity index (χ2v) is 3.47. The molecule has 0 bridgehead atoms. The normalized spacial score (nSPS) is 13.1. The second-order valence-electron chi connectivity index (χ2n) is 3.47. The topological polar surface area (TPSA) is 20.2 Å². The van der Waals surface area contributed by atoms with Gasteiger partial charge in [0, 0.05) is 0 Å². The van der Waals surface area contributed by atoms with Crippen molar-refractivity contribution in [3.8, 4) is 0 Å². The van der Waals surface area contributed by atoms with Crippen LogP contribution < -0.4 is 0 Å². The zero-order valence-electron chi connectivity index (χ0n) is 8.18. The fraction of sp³-hybridized carbons (Fsp3) is 0.455. The van der Waals surface area contributed by atoms with Gasteiger partial charge in [-0.05, 0) is 44.4 Å². The Morgan fingerprint density at radius 3 is 2.25 bits per heavy atom. The summed E-state index contributed by atoms with van der Waals surface area (Å²) in [6.07, 6.45) is -0.358. The molecule has 0 heterocycles. The van der Waals surface area contributed by atoms with E-state index in [1.807, 2.05) is 6.07 Å². The van der Waals surface area contributed by atoms with Gasteiger partial charge in [-0.1, -0.05) is 17.7 Å². The molecule has 1 nitrogen and oxygen atoms in total. The first-order chi connectivity index (χ1) is 5.52. The van der Waals surface area contributed by atoms with E-state index >= 15 is 0 Å². The molecule has 12 heavy (non-hydrogen) atoms. The van der Waals surface area contributed by atoms with Gasteiger partial charge in [-0.2, -0.15) is 0 Å². The van der Waals surface area contributed by atoms with Crippen molar-refractivity contribution in [2.24, 2.45) is 0 Å². The fourth-order valence-corrected chi connectivity index (χ4v) is 1.51. The third-order valence-corrected chi connectivity index (χ3v) is 2.30. The lowest BCUT2D eigenvalue weighted by molar-refractivity contribution is 0.198. The van der Waals surface area contributed by atoms with Gasteiger partial charge in [0.2, 0.25) is 0 Å². The van der Waals surface area contributed by atoms with E-state index < -0.39 is 0 Å². The van der Waals surface area contributed by atoms with Crippen LogP contribution in [0.15, 0.2) is 12.1 Å². The van der Waals surface area contributed by atoms with Gasteiger partial charge in [0.25, 0.3) is 0 Å². The summed E-state index contributed by atoms with van der Waals surface area (Å²) in [5.41, 5.74) is 4.73. The summed E-state index contributed by atoms with van der Waals surface area (Å²) in [5, 5.41) is 9.45. The Kier molecular flexibility index (Phi) is 2.53. The number of hydrogen-bond acceptors (Lipinski definition) is 1. The van der Waals surface area contributed by atoms with Crippen molar-refractivity contribution in [3.05, 3.63) is 34.4 Å². The molecule has 1 rings (SSSR count). The van der Waals surface area contributed by atoms with E-state index in [-0.39, 0.29) is 6.10 Å². The maximum absolute atomic E-state index is 9.45. The van der Waals surface area contributed by atoms with E-state index in [1.54, 1.807) is 6.92 Å². The van der Waals surface area contributed by atoms with Crippen LogP contribution in [0, 0.1) is 20.8 Å². The zero-order valence-corrected chi connectivity index (χ0v) is 8.18. The maximum Gasteiger partial charge on any atom is 0.0764 e. The van der Waals surface area contributed by atoms with Gasteiger partial charge in [-0.15, -0.1) is 0 Å². The van der Waals surface area contributed by atoms with E-state index in [4.69, 9.17) is 0 Å². The molecular weight excluding hydrogens is 148 g/mol. The molecule has 0 saturated heterocycles. The molecule has 1 N–H and O–H groups in total. The molecule has 1 aromatic rings. The van der Waals surface area contributed by atoms with Crippen molar-refractivity contribution < 1.29 is 5.11 Å². The van der Waals surface area contributed by atoms with Crippen LogP contribution in [-0.2, 0) is 0 Å². The molecule has 0 saturated carbocycles. The van der Waals surface area contributed by atoms with E-state index in [0.717, 1.165) is 5.56 Å². The Morgan fingerprint density at radius 1 is 1.17 bits per heavy atom. The lowest BCUT2D eigenvalue weighted by Gasteiger charge is -2.12. The molecule has 0 radical (unpaired) electrons. The van der Waals surface area contributed by atoms with E-state index in [9.17, 15) is 5.11 Å². The molecule has 0 amide bonds. The number of aryl methyl sites for hydroxylation is 2. The predicted molar refractivity (Wildman–Crippen MR) is 51.3 cm³/mol. The minimum atomic E-state index is -0.358. The van der Waals surface area contributed by atoms with Crippen molar-refractivity contribution in [1.29, 1.82) is 0 Å². The summed E-state index contributed by atoms with van der Waals surface area (Å²) in [7, 11) is 0. The van der Waals surface area contributed by atoms with Crippen LogP contribution >= 0.6 is 0 Å². The zero-order chi connectivity index (χ0) is 9.30. The SMILES string of the molecule is Cc1cc(C)c(C)c(C(C)O)c1. The van der Waals surface area contributed by atoms with Gasteiger partial charge >= 0.3 is 0 Å². The lowest BCUT2D eigenvalue weighted by atomic mass is 9.97. The van der Waals surface area contributed by atoms with Crippen LogP contribution in [0.4, 0.5) is 0 Å². The van der Waals surface area contributed by atoms with Crippen LogP contribution in [-0.4, -0.2) is 5.11 Å². The van der Waals surface area contributed by atoms with Crippen LogP contribution in [0.3, 0.4) is 0 Å². The standard InChI is InChI=1S/C11H16O/c1-7-5-8(2)9(3)11(6-7)10(4)12/h5-6,10,12H,1-4H3. The molecule has 0 fully saturated rings. The predicted octanol–water partition coefficient (Wildman–Crippen LogP) is 2.67. The van der Waals surface area contributed by atoms with Crippen LogP contribution in [0.1, 0.15) is 35.3 Å². The highest BCUT2D eigenvalue weighted by molar-refractivity contribution is 5.38. The van der Waals surface area contributed by atoms with Gasteiger partial charge < -0.3 is 5.11 Å². The van der Waals surface area contributed by atoms with Crippen LogP contribution in [0.2, 0.25) is 0 Å². The first-order valence-electron chi connectivity index (χ1n) is 4.28. The molecule has 1 unspecified atom stereocenters. The van der Waals surface area contributed by atoms with Crippen molar-refractivity contribution in [2.75, 3.05) is 0 Å². The largest absolute Gasteiger partial charge is 0.389 e. The van der Waals surface area contributed by atoms with Crippen molar-refractivity contribution in [2.45, 2.75) is 33.8 Å². The second kappa shape index (κ2) is 3.28. The molecule has 1 atom stereocenters. The fourth-order valence-electron chi connectivity index (χ4n) is 1.51. The van der Waals surface area contributed by atoms with Gasteiger partial charge in [-0.3, -0.25) is 0 Å². The van der Waals surface area contributed by atoms with E-state index in [1.165, 1.54) is 16.7 Å². The molecule has 1 heteroatoms. The average Bonchev–Trinajstić information content (AvgIpc) is 1.96. The molecule has 0 aliphatic heterocycles. The smallest absolute Gasteiger partial charge is 0.0764 e. The average molecular weight is 164 g/mol. The molecule has 0 aliphatic rings. The minimum Gasteiger partial charge on any atom is -0.389 e. The molecular formula is C11H16O. The number of hydrogen-bond donors (Lipinski definition) is 1. The van der Waals surface area contributed by atoms with Crippen molar-refractivity contribution >= 4 is 0 Å². The maximum atomic E-state index is 9.45. The lowest BCUT2D eigenvalue weighted by Crippen LogP contribution is -1.97. The number of rotatable bonds is 1. The highest BCUT2D eigenvalue weighted by atomic mass is 16.3. The Labute approximate surface area is 74.1 Å². The molecule has 0 spiro atoms. The number of benzene rings is 1. The summed E-state index contributed by atoms with van der Waals surface area (Å²) in [4.78, 5) is 0. The van der Waals surface area contributed by atoms with Gasteiger partial charge in [0.05, 0.1) is 6.10 Å². The quantitative estimate of drug-likeness (QED) is 0.676. The third-order valence-electron chi connectivity index (χ3n) is 2.30. The summed E-state index contributed by atoms with van der Waals surface area (Å²) < 4.78 is 0. The molecule has 0 aliphatic carbocycles. The monoisotopic (exact) mass is 164 g/mol.